The fraction of sp³-hybridized carbons (Fsp3) is 0.625. The van der Waals surface area contributed by atoms with E-state index in [1.165, 1.54) is 0 Å². The average Bonchev–Trinajstić information content (AvgIpc) is 2.53. The largest absolute Gasteiger partial charge is 0.353 e. The lowest BCUT2D eigenvalue weighted by Gasteiger charge is -2.35. The summed E-state index contributed by atoms with van der Waals surface area (Å²) in [5.41, 5.74) is 6.62. The van der Waals surface area contributed by atoms with Crippen LogP contribution in [0.2, 0.25) is 0 Å². The Kier molecular flexibility index (Phi) is 5.56. The zero-order valence-electron chi connectivity index (χ0n) is 13.1. The zero-order chi connectivity index (χ0) is 15.2. The molecule has 116 valence electrons. The van der Waals surface area contributed by atoms with Crippen molar-refractivity contribution < 1.29 is 4.79 Å². The lowest BCUT2D eigenvalue weighted by Crippen LogP contribution is -2.49. The van der Waals surface area contributed by atoms with Crippen LogP contribution in [0.25, 0.3) is 0 Å². The Balaban J connectivity index is 1.83. The summed E-state index contributed by atoms with van der Waals surface area (Å²) in [6, 6.07) is 4.03. The lowest BCUT2D eigenvalue weighted by atomic mass is 10.1. The molecule has 0 atom stereocenters. The predicted octanol–water partition coefficient (Wildman–Crippen LogP) is 1.63. The van der Waals surface area contributed by atoms with Gasteiger partial charge in [0.15, 0.2) is 0 Å². The normalized spacial score (nSPS) is 15.6. The molecule has 0 bridgehead atoms. The molecule has 0 spiro atoms. The van der Waals surface area contributed by atoms with Crippen molar-refractivity contribution in [1.29, 1.82) is 0 Å². The fourth-order valence-corrected chi connectivity index (χ4v) is 2.48. The molecule has 2 rings (SSSR count). The van der Waals surface area contributed by atoms with Crippen LogP contribution in [-0.2, 0) is 11.3 Å². The monoisotopic (exact) mass is 290 g/mol. The van der Waals surface area contributed by atoms with Gasteiger partial charge in [0.05, 0.1) is 0 Å². The first kappa shape index (κ1) is 15.8. The van der Waals surface area contributed by atoms with Crippen molar-refractivity contribution in [3.05, 3.63) is 23.9 Å². The van der Waals surface area contributed by atoms with E-state index in [1.807, 2.05) is 23.2 Å². The van der Waals surface area contributed by atoms with Crippen LogP contribution in [0.3, 0.4) is 0 Å². The van der Waals surface area contributed by atoms with Crippen LogP contribution in [0.15, 0.2) is 18.3 Å². The quantitative estimate of drug-likeness (QED) is 0.895. The van der Waals surface area contributed by atoms with E-state index >= 15 is 0 Å². The third-order valence-corrected chi connectivity index (χ3v) is 3.94. The molecule has 1 aliphatic rings. The van der Waals surface area contributed by atoms with Gasteiger partial charge in [-0.25, -0.2) is 4.98 Å². The molecule has 1 aromatic heterocycles. The molecule has 2 N–H and O–H groups in total. The van der Waals surface area contributed by atoms with Crippen LogP contribution in [0.5, 0.6) is 0 Å². The number of aromatic nitrogens is 1. The van der Waals surface area contributed by atoms with Crippen LogP contribution in [-0.4, -0.2) is 42.0 Å². The molecule has 0 aliphatic carbocycles. The van der Waals surface area contributed by atoms with Gasteiger partial charge in [-0.3, -0.25) is 4.79 Å². The standard InChI is InChI=1S/C16H26N4O/c1-13(2)3-6-16(21)20-9-7-19(8-10-20)15-5-4-14(11-17)12-18-15/h4-5,12-13H,3,6-11,17H2,1-2H3. The highest BCUT2D eigenvalue weighted by molar-refractivity contribution is 5.76. The summed E-state index contributed by atoms with van der Waals surface area (Å²) in [5, 5.41) is 0. The second-order valence-electron chi connectivity index (χ2n) is 6.03. The van der Waals surface area contributed by atoms with Gasteiger partial charge >= 0.3 is 0 Å². The van der Waals surface area contributed by atoms with Gasteiger partial charge in [-0.1, -0.05) is 19.9 Å². The van der Waals surface area contributed by atoms with Crippen LogP contribution in [0.4, 0.5) is 5.82 Å². The van der Waals surface area contributed by atoms with E-state index in [1.54, 1.807) is 0 Å². The van der Waals surface area contributed by atoms with Gasteiger partial charge in [0.1, 0.15) is 5.82 Å². The van der Waals surface area contributed by atoms with Crippen molar-refractivity contribution >= 4 is 11.7 Å². The minimum absolute atomic E-state index is 0.287. The van der Waals surface area contributed by atoms with Crippen molar-refractivity contribution in [3.63, 3.8) is 0 Å². The second-order valence-corrected chi connectivity index (χ2v) is 6.03. The number of anilines is 1. The molecule has 2 heterocycles. The molecule has 1 aromatic rings. The van der Waals surface area contributed by atoms with Gasteiger partial charge in [0.25, 0.3) is 0 Å². The highest BCUT2D eigenvalue weighted by Crippen LogP contribution is 2.15. The number of pyridine rings is 1. The van der Waals surface area contributed by atoms with Gasteiger partial charge in [-0.15, -0.1) is 0 Å². The van der Waals surface area contributed by atoms with Crippen molar-refractivity contribution in [2.24, 2.45) is 11.7 Å². The summed E-state index contributed by atoms with van der Waals surface area (Å²) in [6.07, 6.45) is 3.47. The number of carbonyl (C=O) groups is 1. The molecule has 1 aliphatic heterocycles. The molecular weight excluding hydrogens is 264 g/mol. The third kappa shape index (κ3) is 4.43. The summed E-state index contributed by atoms with van der Waals surface area (Å²) >= 11 is 0. The maximum Gasteiger partial charge on any atom is 0.222 e. The summed E-state index contributed by atoms with van der Waals surface area (Å²) < 4.78 is 0. The highest BCUT2D eigenvalue weighted by Gasteiger charge is 2.21. The number of amides is 1. The van der Waals surface area contributed by atoms with E-state index in [4.69, 9.17) is 5.73 Å². The van der Waals surface area contributed by atoms with Crippen molar-refractivity contribution in [2.45, 2.75) is 33.2 Å². The van der Waals surface area contributed by atoms with Gasteiger partial charge < -0.3 is 15.5 Å². The SMILES string of the molecule is CC(C)CCC(=O)N1CCN(c2ccc(CN)cn2)CC1. The summed E-state index contributed by atoms with van der Waals surface area (Å²) in [7, 11) is 0. The molecule has 1 fully saturated rings. The molecule has 0 unspecified atom stereocenters. The van der Waals surface area contributed by atoms with E-state index in [2.05, 4.69) is 23.7 Å². The minimum Gasteiger partial charge on any atom is -0.353 e. The number of nitrogens with two attached hydrogens (primary N) is 1. The summed E-state index contributed by atoms with van der Waals surface area (Å²) in [5.74, 6) is 1.84. The Morgan fingerprint density at radius 1 is 1.29 bits per heavy atom. The average molecular weight is 290 g/mol. The van der Waals surface area contributed by atoms with Crippen molar-refractivity contribution in [1.82, 2.24) is 9.88 Å². The number of hydrogen-bond donors (Lipinski definition) is 1. The molecule has 5 heteroatoms. The molecule has 5 nitrogen and oxygen atoms in total. The van der Waals surface area contributed by atoms with Crippen LogP contribution in [0, 0.1) is 5.92 Å². The van der Waals surface area contributed by atoms with Crippen molar-refractivity contribution in [3.8, 4) is 0 Å². The highest BCUT2D eigenvalue weighted by atomic mass is 16.2. The molecule has 0 radical (unpaired) electrons. The Labute approximate surface area is 127 Å². The number of piperazine rings is 1. The first-order valence-electron chi connectivity index (χ1n) is 7.78. The van der Waals surface area contributed by atoms with E-state index in [0.717, 1.165) is 44.0 Å². The number of nitrogens with zero attached hydrogens (tertiary/aromatic N) is 3. The first-order valence-corrected chi connectivity index (χ1v) is 7.78. The van der Waals surface area contributed by atoms with Crippen LogP contribution in [0.1, 0.15) is 32.3 Å². The molecule has 0 saturated carbocycles. The Morgan fingerprint density at radius 3 is 2.52 bits per heavy atom. The molecule has 0 aromatic carbocycles. The zero-order valence-corrected chi connectivity index (χ0v) is 13.1. The molecule has 1 amide bonds. The maximum atomic E-state index is 12.1. The van der Waals surface area contributed by atoms with E-state index < -0.39 is 0 Å². The Hall–Kier alpha value is -1.62. The molecule has 1 saturated heterocycles. The van der Waals surface area contributed by atoms with E-state index in [9.17, 15) is 4.79 Å². The minimum atomic E-state index is 0.287. The first-order chi connectivity index (χ1) is 10.1. The summed E-state index contributed by atoms with van der Waals surface area (Å²) in [6.45, 7) is 8.11. The summed E-state index contributed by atoms with van der Waals surface area (Å²) in [4.78, 5) is 20.8. The Bertz CT molecular complexity index is 450. The van der Waals surface area contributed by atoms with Gasteiger partial charge in [0, 0.05) is 45.3 Å². The van der Waals surface area contributed by atoms with E-state index in [-0.39, 0.29) is 5.91 Å². The predicted molar refractivity (Wildman–Crippen MR) is 85.0 cm³/mol. The number of carbonyl (C=O) groups excluding carboxylic acids is 1. The Morgan fingerprint density at radius 2 is 2.00 bits per heavy atom. The van der Waals surface area contributed by atoms with Gasteiger partial charge in [-0.05, 0) is 24.0 Å². The third-order valence-electron chi connectivity index (χ3n) is 3.94. The lowest BCUT2D eigenvalue weighted by molar-refractivity contribution is -0.131. The molecular formula is C16H26N4O. The van der Waals surface area contributed by atoms with Crippen molar-refractivity contribution in [2.75, 3.05) is 31.1 Å². The second kappa shape index (κ2) is 7.41. The van der Waals surface area contributed by atoms with Crippen LogP contribution < -0.4 is 10.6 Å². The maximum absolute atomic E-state index is 12.1. The van der Waals surface area contributed by atoms with Gasteiger partial charge in [0.2, 0.25) is 5.91 Å². The number of hydrogen-bond acceptors (Lipinski definition) is 4. The fourth-order valence-electron chi connectivity index (χ4n) is 2.48. The van der Waals surface area contributed by atoms with Gasteiger partial charge in [-0.2, -0.15) is 0 Å². The number of rotatable bonds is 5. The molecule has 21 heavy (non-hydrogen) atoms. The topological polar surface area (TPSA) is 62.5 Å². The van der Waals surface area contributed by atoms with Crippen LogP contribution >= 0.6 is 0 Å². The smallest absolute Gasteiger partial charge is 0.222 e. The van der Waals surface area contributed by atoms with E-state index in [0.29, 0.717) is 18.9 Å².